The van der Waals surface area contributed by atoms with Gasteiger partial charge in [-0.25, -0.2) is 0 Å². The molecule has 0 radical (unpaired) electrons. The van der Waals surface area contributed by atoms with Crippen LogP contribution in [-0.2, 0) is 52.3 Å². The number of nitrogens with zero attached hydrogens (tertiary/aromatic N) is 5. The van der Waals surface area contributed by atoms with Crippen molar-refractivity contribution in [3.63, 3.8) is 0 Å². The van der Waals surface area contributed by atoms with E-state index in [2.05, 4.69) is 24.5 Å². The Kier molecular flexibility index (Phi) is 24.9. The van der Waals surface area contributed by atoms with Gasteiger partial charge in [-0.2, -0.15) is 0 Å². The number of carbonyl (C=O) groups excluding carboxylic acids is 3. The minimum Gasteiger partial charge on any atom is -0.459 e. The van der Waals surface area contributed by atoms with Crippen LogP contribution in [0, 0.1) is 0 Å². The molecular formula is C41H79N5O11. The lowest BCUT2D eigenvalue weighted by atomic mass is 10.2. The zero-order chi connectivity index (χ0) is 42.2. The maximum absolute atomic E-state index is 13.0. The Hall–Kier alpha value is -1.99. The van der Waals surface area contributed by atoms with E-state index < -0.39 is 16.8 Å². The molecule has 16 heteroatoms. The first kappa shape index (κ1) is 51.2. The Balaban J connectivity index is 2.14. The molecule has 0 atom stereocenters. The van der Waals surface area contributed by atoms with Crippen molar-refractivity contribution in [2.45, 2.75) is 92.0 Å². The van der Waals surface area contributed by atoms with Crippen molar-refractivity contribution in [1.29, 1.82) is 0 Å². The average molecular weight is 818 g/mol. The van der Waals surface area contributed by atoms with E-state index in [-0.39, 0.29) is 37.5 Å². The quantitative estimate of drug-likeness (QED) is 0.171. The summed E-state index contributed by atoms with van der Waals surface area (Å²) in [7, 11) is 0. The second-order valence-corrected chi connectivity index (χ2v) is 17.7. The fourth-order valence-electron chi connectivity index (χ4n) is 6.19. The normalized spacial score (nSPS) is 20.8. The van der Waals surface area contributed by atoms with Gasteiger partial charge in [0, 0.05) is 65.4 Å². The zero-order valence-corrected chi connectivity index (χ0v) is 37.1. The summed E-state index contributed by atoms with van der Waals surface area (Å²) in [6.45, 7) is 30.0. The monoisotopic (exact) mass is 818 g/mol. The number of esters is 3. The Labute approximate surface area is 344 Å². The molecule has 0 N–H and O–H groups in total. The lowest BCUT2D eigenvalue weighted by Crippen LogP contribution is -2.45. The molecule has 0 aliphatic carbocycles. The molecule has 57 heavy (non-hydrogen) atoms. The maximum atomic E-state index is 13.0. The Morgan fingerprint density at radius 3 is 1.09 bits per heavy atom. The standard InChI is InChI=1S/C41H79N5O11/c1-39(2,3)55-36(47)32-43-14-11-15-45(34-38(49)57-41(7,8)9)19-18-44(33-37(48)56-40(4,5)6)13-10-12-42(16-17-43)20-25-54-35-46-21-23-50-26-28-52-30-31-53-29-27-51-24-22-46/h10-35H2,1-9H3. The zero-order valence-electron chi connectivity index (χ0n) is 37.1. The van der Waals surface area contributed by atoms with E-state index in [1.165, 1.54) is 0 Å². The van der Waals surface area contributed by atoms with Gasteiger partial charge in [0.25, 0.3) is 0 Å². The van der Waals surface area contributed by atoms with E-state index in [4.69, 9.17) is 37.9 Å². The summed E-state index contributed by atoms with van der Waals surface area (Å²) < 4.78 is 45.9. The lowest BCUT2D eigenvalue weighted by Gasteiger charge is -2.32. The molecule has 2 rings (SSSR count). The van der Waals surface area contributed by atoms with Crippen LogP contribution in [0.25, 0.3) is 0 Å². The highest BCUT2D eigenvalue weighted by Crippen LogP contribution is 2.12. The fourth-order valence-corrected chi connectivity index (χ4v) is 6.19. The molecule has 0 saturated carbocycles. The SMILES string of the molecule is CC(C)(C)OC(=O)CN1CCCN(CC(=O)OC(C)(C)C)CCN(CC(=O)OC(C)(C)C)CCCN(CCOCN2CCOCCOCCOCCOCC2)CC1. The summed E-state index contributed by atoms with van der Waals surface area (Å²) in [5.74, 6) is -0.823. The molecule has 0 aromatic heterocycles. The predicted molar refractivity (Wildman–Crippen MR) is 218 cm³/mol. The van der Waals surface area contributed by atoms with Crippen molar-refractivity contribution in [2.24, 2.45) is 0 Å². The lowest BCUT2D eigenvalue weighted by molar-refractivity contribution is -0.158. The Bertz CT molecular complexity index is 1100. The van der Waals surface area contributed by atoms with Crippen molar-refractivity contribution in [3.05, 3.63) is 0 Å². The Morgan fingerprint density at radius 2 is 0.737 bits per heavy atom. The van der Waals surface area contributed by atoms with Crippen LogP contribution in [0.5, 0.6) is 0 Å². The van der Waals surface area contributed by atoms with Gasteiger partial charge in [0.2, 0.25) is 0 Å². The van der Waals surface area contributed by atoms with Crippen LogP contribution in [0.2, 0.25) is 0 Å². The van der Waals surface area contributed by atoms with Crippen molar-refractivity contribution in [1.82, 2.24) is 24.5 Å². The van der Waals surface area contributed by atoms with E-state index >= 15 is 0 Å². The van der Waals surface area contributed by atoms with Gasteiger partial charge in [-0.05, 0) is 81.7 Å². The third-order valence-corrected chi connectivity index (χ3v) is 8.73. The van der Waals surface area contributed by atoms with Gasteiger partial charge in [0.05, 0.1) is 85.8 Å². The third-order valence-electron chi connectivity index (χ3n) is 8.73. The number of hydrogen-bond acceptors (Lipinski definition) is 16. The van der Waals surface area contributed by atoms with Crippen molar-refractivity contribution in [2.75, 3.05) is 158 Å². The number of ether oxygens (including phenoxy) is 8. The summed E-state index contributed by atoms with van der Waals surface area (Å²) in [5.41, 5.74) is -1.76. The highest BCUT2D eigenvalue weighted by Gasteiger charge is 2.24. The summed E-state index contributed by atoms with van der Waals surface area (Å²) in [6.07, 6.45) is 1.53. The molecule has 2 heterocycles. The maximum Gasteiger partial charge on any atom is 0.320 e. The molecule has 2 aliphatic heterocycles. The first-order valence-corrected chi connectivity index (χ1v) is 21.0. The largest absolute Gasteiger partial charge is 0.459 e. The van der Waals surface area contributed by atoms with Crippen molar-refractivity contribution >= 4 is 17.9 Å². The molecule has 2 saturated heterocycles. The van der Waals surface area contributed by atoms with Gasteiger partial charge >= 0.3 is 17.9 Å². The fraction of sp³-hybridized carbons (Fsp3) is 0.927. The molecule has 16 nitrogen and oxygen atoms in total. The summed E-state index contributed by atoms with van der Waals surface area (Å²) in [4.78, 5) is 49.9. The van der Waals surface area contributed by atoms with Crippen LogP contribution in [0.4, 0.5) is 0 Å². The molecule has 0 spiro atoms. The highest BCUT2D eigenvalue weighted by molar-refractivity contribution is 5.73. The second-order valence-electron chi connectivity index (χ2n) is 17.7. The van der Waals surface area contributed by atoms with Crippen LogP contribution in [0.15, 0.2) is 0 Å². The molecule has 0 aromatic carbocycles. The number of carbonyl (C=O) groups is 3. The first-order valence-electron chi connectivity index (χ1n) is 21.0. The van der Waals surface area contributed by atoms with Crippen LogP contribution in [0.1, 0.15) is 75.2 Å². The van der Waals surface area contributed by atoms with E-state index in [1.807, 2.05) is 62.3 Å². The van der Waals surface area contributed by atoms with Crippen molar-refractivity contribution in [3.8, 4) is 0 Å². The van der Waals surface area contributed by atoms with Gasteiger partial charge in [-0.15, -0.1) is 0 Å². The molecule has 0 amide bonds. The van der Waals surface area contributed by atoms with E-state index in [0.717, 1.165) is 25.9 Å². The summed E-state index contributed by atoms with van der Waals surface area (Å²) in [5, 5.41) is 0. The van der Waals surface area contributed by atoms with Crippen LogP contribution in [0.3, 0.4) is 0 Å². The Morgan fingerprint density at radius 1 is 0.421 bits per heavy atom. The highest BCUT2D eigenvalue weighted by atomic mass is 16.6. The first-order chi connectivity index (χ1) is 26.9. The van der Waals surface area contributed by atoms with Crippen LogP contribution < -0.4 is 0 Å². The number of rotatable bonds is 11. The molecule has 0 bridgehead atoms. The molecule has 2 fully saturated rings. The number of hydrogen-bond donors (Lipinski definition) is 0. The van der Waals surface area contributed by atoms with E-state index in [0.29, 0.717) is 125 Å². The van der Waals surface area contributed by atoms with Gasteiger partial charge in [0.1, 0.15) is 16.8 Å². The third kappa shape index (κ3) is 29.0. The molecule has 2 aliphatic rings. The second kappa shape index (κ2) is 27.7. The summed E-state index contributed by atoms with van der Waals surface area (Å²) in [6, 6.07) is 0. The van der Waals surface area contributed by atoms with Gasteiger partial charge in [0.15, 0.2) is 0 Å². The van der Waals surface area contributed by atoms with Gasteiger partial charge < -0.3 is 37.9 Å². The smallest absolute Gasteiger partial charge is 0.320 e. The molecule has 0 aromatic rings. The summed E-state index contributed by atoms with van der Waals surface area (Å²) >= 11 is 0. The van der Waals surface area contributed by atoms with Crippen LogP contribution in [-0.4, -0.2) is 217 Å². The minimum absolute atomic E-state index is 0.138. The molecular weight excluding hydrogens is 738 g/mol. The predicted octanol–water partition coefficient (Wildman–Crippen LogP) is 2.37. The van der Waals surface area contributed by atoms with E-state index in [1.54, 1.807) is 0 Å². The van der Waals surface area contributed by atoms with Crippen LogP contribution >= 0.6 is 0 Å². The molecule has 0 unspecified atom stereocenters. The molecule has 334 valence electrons. The van der Waals surface area contributed by atoms with Gasteiger partial charge in [-0.3, -0.25) is 38.9 Å². The van der Waals surface area contributed by atoms with Gasteiger partial charge in [-0.1, -0.05) is 0 Å². The van der Waals surface area contributed by atoms with E-state index in [9.17, 15) is 14.4 Å². The van der Waals surface area contributed by atoms with Crippen molar-refractivity contribution < 1.29 is 52.3 Å². The average Bonchev–Trinajstić information content (AvgIpc) is 3.08. The topological polar surface area (TPSA) is 141 Å². The minimum atomic E-state index is -0.594.